The van der Waals surface area contributed by atoms with E-state index in [1.165, 1.54) is 0 Å². The number of carbonyl (C=O) groups is 2. The molecule has 2 rings (SSSR count). The average Bonchev–Trinajstić information content (AvgIpc) is 2.98. The van der Waals surface area contributed by atoms with E-state index in [0.29, 0.717) is 0 Å². The summed E-state index contributed by atoms with van der Waals surface area (Å²) in [4.78, 5) is 25.0. The van der Waals surface area contributed by atoms with E-state index >= 15 is 0 Å². The first kappa shape index (κ1) is 10.9. The summed E-state index contributed by atoms with van der Waals surface area (Å²) in [6.07, 6.45) is -0.666. The van der Waals surface area contributed by atoms with E-state index in [-0.39, 0.29) is 29.9 Å². The highest BCUT2D eigenvalue weighted by atomic mass is 32.2. The minimum absolute atomic E-state index is 0.0404. The van der Waals surface area contributed by atoms with Crippen LogP contribution in [0, 0.1) is 0 Å². The SMILES string of the molecule is [2H]c1c([2H])c([2H])c(S[C@H]2C[C@@H](C(=O)O)N(C(=O)OC(C)(C)C)C2)c([2H])c1[2H]. The topological polar surface area (TPSA) is 66.8 Å². The van der Waals surface area contributed by atoms with Crippen LogP contribution in [0.15, 0.2) is 35.1 Å². The van der Waals surface area contributed by atoms with Gasteiger partial charge in [-0.2, -0.15) is 0 Å². The van der Waals surface area contributed by atoms with E-state index in [1.54, 1.807) is 20.8 Å². The number of amides is 1. The largest absolute Gasteiger partial charge is 0.480 e. The van der Waals surface area contributed by atoms with Crippen molar-refractivity contribution in [3.05, 3.63) is 30.2 Å². The molecule has 1 aliphatic heterocycles. The Morgan fingerprint density at radius 3 is 2.55 bits per heavy atom. The van der Waals surface area contributed by atoms with Crippen molar-refractivity contribution < 1.29 is 26.3 Å². The van der Waals surface area contributed by atoms with Crippen molar-refractivity contribution in [2.45, 2.75) is 49.0 Å². The summed E-state index contributed by atoms with van der Waals surface area (Å²) in [5, 5.41) is 8.99. The Hall–Kier alpha value is -1.69. The Labute approximate surface area is 141 Å². The molecule has 1 amide bonds. The molecule has 0 bridgehead atoms. The maximum atomic E-state index is 12.3. The normalized spacial score (nSPS) is 24.9. The lowest BCUT2D eigenvalue weighted by atomic mass is 10.2. The zero-order valence-electron chi connectivity index (χ0n) is 17.6. The van der Waals surface area contributed by atoms with Crippen molar-refractivity contribution in [2.75, 3.05) is 6.54 Å². The molecular weight excluding hydrogens is 302 g/mol. The number of carbonyl (C=O) groups excluding carboxylic acids is 1. The van der Waals surface area contributed by atoms with Crippen molar-refractivity contribution in [3.8, 4) is 0 Å². The van der Waals surface area contributed by atoms with Gasteiger partial charge in [-0.05, 0) is 39.3 Å². The minimum atomic E-state index is -1.18. The first-order valence-electron chi connectivity index (χ1n) is 9.29. The first-order valence-corrected chi connectivity index (χ1v) is 7.67. The highest BCUT2D eigenvalue weighted by molar-refractivity contribution is 8.00. The maximum absolute atomic E-state index is 12.3. The Morgan fingerprint density at radius 2 is 2.00 bits per heavy atom. The summed E-state index contributed by atoms with van der Waals surface area (Å²) >= 11 is 0.991. The van der Waals surface area contributed by atoms with Crippen LogP contribution in [-0.2, 0) is 9.53 Å². The van der Waals surface area contributed by atoms with Crippen molar-refractivity contribution in [1.82, 2.24) is 4.90 Å². The Kier molecular flexibility index (Phi) is 3.28. The zero-order chi connectivity index (χ0) is 20.7. The molecule has 1 fully saturated rings. The quantitative estimate of drug-likeness (QED) is 0.922. The molecule has 1 aromatic carbocycles. The van der Waals surface area contributed by atoms with Crippen LogP contribution in [0.1, 0.15) is 34.0 Å². The van der Waals surface area contributed by atoms with Crippen LogP contribution in [-0.4, -0.2) is 45.5 Å². The van der Waals surface area contributed by atoms with Crippen LogP contribution in [0.4, 0.5) is 4.79 Å². The van der Waals surface area contributed by atoms with Crippen LogP contribution < -0.4 is 0 Å². The highest BCUT2D eigenvalue weighted by Gasteiger charge is 2.41. The second-order valence-electron chi connectivity index (χ2n) is 5.92. The maximum Gasteiger partial charge on any atom is 0.411 e. The van der Waals surface area contributed by atoms with Gasteiger partial charge in [0.2, 0.25) is 0 Å². The van der Waals surface area contributed by atoms with Gasteiger partial charge in [-0.25, -0.2) is 9.59 Å². The standard InChI is InChI=1S/C16H21NO4S/c1-16(2,3)21-15(20)17-10-12(9-13(17)14(18)19)22-11-7-5-4-6-8-11/h4-8,12-13H,9-10H2,1-3H3,(H,18,19)/t12-,13-/m0/s1/i4D,5D,6D,7D,8D. The lowest BCUT2D eigenvalue weighted by Crippen LogP contribution is -2.43. The molecule has 1 N–H and O–H groups in total. The molecule has 120 valence electrons. The van der Waals surface area contributed by atoms with Gasteiger partial charge in [0.15, 0.2) is 0 Å². The van der Waals surface area contributed by atoms with Gasteiger partial charge in [0.1, 0.15) is 11.6 Å². The van der Waals surface area contributed by atoms with Crippen LogP contribution in [0.2, 0.25) is 0 Å². The number of likely N-dealkylation sites (tertiary alicyclic amines) is 1. The van der Waals surface area contributed by atoms with E-state index in [1.807, 2.05) is 0 Å². The molecular formula is C16H21NO4S. The van der Waals surface area contributed by atoms with Gasteiger partial charge in [-0.3, -0.25) is 4.90 Å². The number of carboxylic acid groups (broad SMARTS) is 1. The molecule has 5 nitrogen and oxygen atoms in total. The van der Waals surface area contributed by atoms with Crippen LogP contribution >= 0.6 is 11.8 Å². The van der Waals surface area contributed by atoms with Crippen molar-refractivity contribution in [1.29, 1.82) is 0 Å². The molecule has 0 spiro atoms. The molecule has 1 saturated heterocycles. The molecule has 2 atom stereocenters. The number of rotatable bonds is 3. The number of ether oxygens (including phenoxy) is 1. The molecule has 0 aromatic heterocycles. The molecule has 1 heterocycles. The van der Waals surface area contributed by atoms with Gasteiger partial charge in [0, 0.05) is 16.7 Å². The van der Waals surface area contributed by atoms with E-state index in [0.717, 1.165) is 16.7 Å². The van der Waals surface area contributed by atoms with Gasteiger partial charge >= 0.3 is 12.1 Å². The number of hydrogen-bond acceptors (Lipinski definition) is 4. The van der Waals surface area contributed by atoms with E-state index < -0.39 is 47.1 Å². The lowest BCUT2D eigenvalue weighted by molar-refractivity contribution is -0.142. The number of nitrogens with zero attached hydrogens (tertiary/aromatic N) is 1. The fraction of sp³-hybridized carbons (Fsp3) is 0.500. The fourth-order valence-corrected chi connectivity index (χ4v) is 3.17. The second kappa shape index (κ2) is 6.60. The predicted molar refractivity (Wildman–Crippen MR) is 85.1 cm³/mol. The summed E-state index contributed by atoms with van der Waals surface area (Å²) in [5.41, 5.74) is -0.780. The Morgan fingerprint density at radius 1 is 1.36 bits per heavy atom. The van der Waals surface area contributed by atoms with Crippen molar-refractivity contribution in [2.24, 2.45) is 0 Å². The monoisotopic (exact) mass is 328 g/mol. The third-order valence-electron chi connectivity index (χ3n) is 2.94. The van der Waals surface area contributed by atoms with Crippen molar-refractivity contribution in [3.63, 3.8) is 0 Å². The van der Waals surface area contributed by atoms with E-state index in [4.69, 9.17) is 11.6 Å². The molecule has 0 unspecified atom stereocenters. The summed E-state index contributed by atoms with van der Waals surface area (Å²) in [6, 6.07) is -3.16. The molecule has 22 heavy (non-hydrogen) atoms. The molecule has 0 radical (unpaired) electrons. The Balaban J connectivity index is 2.27. The summed E-state index contributed by atoms with van der Waals surface area (Å²) in [7, 11) is 0. The molecule has 0 aliphatic carbocycles. The number of benzene rings is 1. The van der Waals surface area contributed by atoms with E-state index in [9.17, 15) is 14.7 Å². The molecule has 1 aromatic rings. The predicted octanol–water partition coefficient (Wildman–Crippen LogP) is 3.24. The zero-order valence-corrected chi connectivity index (χ0v) is 13.4. The molecule has 6 heteroatoms. The third kappa shape index (κ3) is 4.40. The van der Waals surface area contributed by atoms with E-state index in [2.05, 4.69) is 0 Å². The van der Waals surface area contributed by atoms with Gasteiger partial charge in [0.05, 0.1) is 6.85 Å². The van der Waals surface area contributed by atoms with Crippen LogP contribution in [0.3, 0.4) is 0 Å². The average molecular weight is 328 g/mol. The number of carboxylic acids is 1. The summed E-state index contributed by atoms with van der Waals surface area (Å²) in [5.74, 6) is -1.18. The second-order valence-corrected chi connectivity index (χ2v) is 7.23. The highest BCUT2D eigenvalue weighted by Crippen LogP contribution is 2.33. The fourth-order valence-electron chi connectivity index (χ4n) is 2.10. The van der Waals surface area contributed by atoms with Crippen LogP contribution in [0.5, 0.6) is 0 Å². The van der Waals surface area contributed by atoms with Gasteiger partial charge in [0.25, 0.3) is 0 Å². The van der Waals surface area contributed by atoms with Gasteiger partial charge < -0.3 is 9.84 Å². The summed E-state index contributed by atoms with van der Waals surface area (Å²) < 4.78 is 44.3. The number of aliphatic carboxylic acids is 1. The first-order chi connectivity index (χ1) is 12.3. The van der Waals surface area contributed by atoms with Crippen molar-refractivity contribution >= 4 is 23.8 Å². The van der Waals surface area contributed by atoms with Crippen LogP contribution in [0.25, 0.3) is 0 Å². The third-order valence-corrected chi connectivity index (χ3v) is 4.05. The lowest BCUT2D eigenvalue weighted by Gasteiger charge is -2.26. The number of hydrogen-bond donors (Lipinski definition) is 1. The smallest absolute Gasteiger partial charge is 0.411 e. The minimum Gasteiger partial charge on any atom is -0.480 e. The molecule has 1 aliphatic rings. The van der Waals surface area contributed by atoms with Gasteiger partial charge in [-0.15, -0.1) is 11.8 Å². The Bertz CT molecular complexity index is 754. The van der Waals surface area contributed by atoms with Gasteiger partial charge in [-0.1, -0.05) is 18.1 Å². The molecule has 0 saturated carbocycles. The summed E-state index contributed by atoms with van der Waals surface area (Å²) in [6.45, 7) is 5.07. The number of thioether (sulfide) groups is 1.